The molecule has 1 aliphatic rings. The van der Waals surface area contributed by atoms with Crippen LogP contribution in [0.2, 0.25) is 0 Å². The molecule has 0 aromatic heterocycles. The van der Waals surface area contributed by atoms with E-state index in [9.17, 15) is 9.00 Å². The zero-order valence-electron chi connectivity index (χ0n) is 6.35. The summed E-state index contributed by atoms with van der Waals surface area (Å²) in [4.78, 5) is 10.9. The van der Waals surface area contributed by atoms with Crippen molar-refractivity contribution >= 4 is 16.6 Å². The van der Waals surface area contributed by atoms with Crippen molar-refractivity contribution in [2.75, 3.05) is 11.5 Å². The van der Waals surface area contributed by atoms with Gasteiger partial charge < -0.3 is 0 Å². The van der Waals surface area contributed by atoms with E-state index in [-0.39, 0.29) is 17.0 Å². The van der Waals surface area contributed by atoms with Gasteiger partial charge in [0, 0.05) is 23.0 Å². The first kappa shape index (κ1) is 7.92. The summed E-state index contributed by atoms with van der Waals surface area (Å²) in [6.45, 7) is 3.98. The molecule has 0 radical (unpaired) electrons. The maximum atomic E-state index is 11.0. The molecule has 1 rings (SSSR count). The normalized spacial score (nSPS) is 32.2. The van der Waals surface area contributed by atoms with E-state index in [0.29, 0.717) is 12.2 Å². The molecule has 1 fully saturated rings. The summed E-state index contributed by atoms with van der Waals surface area (Å²) < 4.78 is 11.0. The molecular formula is C7H12O2S. The third-order valence-corrected chi connectivity index (χ3v) is 3.30. The molecule has 0 N–H and O–H groups in total. The second-order valence-corrected chi connectivity index (χ2v) is 5.07. The molecule has 58 valence electrons. The number of rotatable bonds is 0. The maximum Gasteiger partial charge on any atom is 0.145 e. The first-order chi connectivity index (χ1) is 4.49. The zero-order valence-corrected chi connectivity index (χ0v) is 7.16. The highest BCUT2D eigenvalue weighted by molar-refractivity contribution is 7.85. The molecule has 1 aliphatic heterocycles. The van der Waals surface area contributed by atoms with Crippen LogP contribution in [-0.4, -0.2) is 21.5 Å². The minimum absolute atomic E-state index is 0.0276. The Kier molecular flexibility index (Phi) is 1.95. The molecule has 3 heteroatoms. The second kappa shape index (κ2) is 2.46. The Balaban J connectivity index is 2.68. The van der Waals surface area contributed by atoms with Gasteiger partial charge in [-0.25, -0.2) is 0 Å². The lowest BCUT2D eigenvalue weighted by molar-refractivity contribution is -0.118. The zero-order chi connectivity index (χ0) is 7.78. The third-order valence-electron chi connectivity index (χ3n) is 1.55. The standard InChI is InChI=1S/C7H12O2S/c1-7(2)3-6(8)4-10(9)5-7/h3-5H2,1-2H3. The number of Topliss-reactive ketones (excluding diaryl/α,β-unsaturated/α-hetero) is 1. The molecule has 0 aromatic rings. The average molecular weight is 160 g/mol. The van der Waals surface area contributed by atoms with Gasteiger partial charge in [-0.3, -0.25) is 9.00 Å². The van der Waals surface area contributed by atoms with Crippen LogP contribution < -0.4 is 0 Å². The largest absolute Gasteiger partial charge is 0.299 e. The highest BCUT2D eigenvalue weighted by Crippen LogP contribution is 2.25. The Morgan fingerprint density at radius 1 is 1.50 bits per heavy atom. The fraction of sp³-hybridized carbons (Fsp3) is 0.857. The molecule has 0 aliphatic carbocycles. The minimum Gasteiger partial charge on any atom is -0.299 e. The van der Waals surface area contributed by atoms with Crippen LogP contribution in [0.25, 0.3) is 0 Å². The Hall–Kier alpha value is -0.180. The lowest BCUT2D eigenvalue weighted by Gasteiger charge is -2.27. The average Bonchev–Trinajstić information content (AvgIpc) is 1.54. The molecule has 0 spiro atoms. The molecule has 10 heavy (non-hydrogen) atoms. The Labute approximate surface area is 63.5 Å². The maximum absolute atomic E-state index is 11.0. The summed E-state index contributed by atoms with van der Waals surface area (Å²) in [6, 6.07) is 0. The molecule has 1 atom stereocenters. The van der Waals surface area contributed by atoms with E-state index in [2.05, 4.69) is 0 Å². The van der Waals surface area contributed by atoms with Crippen molar-refractivity contribution < 1.29 is 9.00 Å². The summed E-state index contributed by atoms with van der Waals surface area (Å²) in [7, 11) is -0.889. The Morgan fingerprint density at radius 3 is 2.50 bits per heavy atom. The van der Waals surface area contributed by atoms with Crippen LogP contribution in [0.5, 0.6) is 0 Å². The van der Waals surface area contributed by atoms with Crippen molar-refractivity contribution in [3.05, 3.63) is 0 Å². The highest BCUT2D eigenvalue weighted by atomic mass is 32.2. The Bertz CT molecular complexity index is 166. The van der Waals surface area contributed by atoms with Crippen molar-refractivity contribution in [1.29, 1.82) is 0 Å². The summed E-state index contributed by atoms with van der Waals surface area (Å²) in [5, 5.41) is 0. The van der Waals surface area contributed by atoms with Gasteiger partial charge in [-0.2, -0.15) is 0 Å². The molecule has 0 bridgehead atoms. The van der Waals surface area contributed by atoms with Gasteiger partial charge in [0.15, 0.2) is 0 Å². The minimum atomic E-state index is -0.889. The first-order valence-electron chi connectivity index (χ1n) is 3.36. The predicted octanol–water partition coefficient (Wildman–Crippen LogP) is 0.734. The van der Waals surface area contributed by atoms with Gasteiger partial charge in [0.1, 0.15) is 5.78 Å². The number of hydrogen-bond donors (Lipinski definition) is 0. The van der Waals surface area contributed by atoms with Crippen LogP contribution in [-0.2, 0) is 15.6 Å². The van der Waals surface area contributed by atoms with Crippen molar-refractivity contribution in [3.63, 3.8) is 0 Å². The van der Waals surface area contributed by atoms with Crippen LogP contribution in [0.1, 0.15) is 20.3 Å². The number of hydrogen-bond acceptors (Lipinski definition) is 2. The number of carbonyl (C=O) groups excluding carboxylic acids is 1. The summed E-state index contributed by atoms with van der Waals surface area (Å²) >= 11 is 0. The SMILES string of the molecule is CC1(C)CC(=O)CS(=O)C1. The molecule has 2 nitrogen and oxygen atoms in total. The molecule has 0 aromatic carbocycles. The van der Waals surface area contributed by atoms with E-state index < -0.39 is 10.8 Å². The smallest absolute Gasteiger partial charge is 0.145 e. The van der Waals surface area contributed by atoms with Crippen molar-refractivity contribution in [1.82, 2.24) is 0 Å². The Morgan fingerprint density at radius 2 is 2.10 bits per heavy atom. The van der Waals surface area contributed by atoms with Crippen molar-refractivity contribution in [2.24, 2.45) is 5.41 Å². The fourth-order valence-corrected chi connectivity index (χ4v) is 2.84. The van der Waals surface area contributed by atoms with E-state index >= 15 is 0 Å². The topological polar surface area (TPSA) is 34.1 Å². The lowest BCUT2D eigenvalue weighted by Crippen LogP contribution is -2.33. The van der Waals surface area contributed by atoms with Crippen molar-refractivity contribution in [2.45, 2.75) is 20.3 Å². The van der Waals surface area contributed by atoms with Crippen LogP contribution in [0.3, 0.4) is 0 Å². The third kappa shape index (κ3) is 1.90. The van der Waals surface area contributed by atoms with E-state index in [4.69, 9.17) is 0 Å². The molecule has 0 amide bonds. The van der Waals surface area contributed by atoms with Gasteiger partial charge in [-0.15, -0.1) is 0 Å². The van der Waals surface area contributed by atoms with Crippen LogP contribution in [0.4, 0.5) is 0 Å². The van der Waals surface area contributed by atoms with Crippen LogP contribution in [0.15, 0.2) is 0 Å². The molecule has 1 unspecified atom stereocenters. The molecular weight excluding hydrogens is 148 g/mol. The summed E-state index contributed by atoms with van der Waals surface area (Å²) in [5.41, 5.74) is -0.0276. The number of ketones is 1. The highest BCUT2D eigenvalue weighted by Gasteiger charge is 2.30. The lowest BCUT2D eigenvalue weighted by atomic mass is 9.90. The van der Waals surface area contributed by atoms with Crippen LogP contribution >= 0.6 is 0 Å². The van der Waals surface area contributed by atoms with Gasteiger partial charge in [0.25, 0.3) is 0 Å². The van der Waals surface area contributed by atoms with Gasteiger partial charge in [-0.1, -0.05) is 13.8 Å². The second-order valence-electron chi connectivity index (χ2n) is 3.61. The molecule has 0 saturated carbocycles. The molecule has 1 saturated heterocycles. The van der Waals surface area contributed by atoms with E-state index in [0.717, 1.165) is 0 Å². The van der Waals surface area contributed by atoms with E-state index in [1.165, 1.54) is 0 Å². The monoisotopic (exact) mass is 160 g/mol. The number of carbonyl (C=O) groups is 1. The first-order valence-corrected chi connectivity index (χ1v) is 4.85. The summed E-state index contributed by atoms with van der Waals surface area (Å²) in [6.07, 6.45) is 0.596. The quantitative estimate of drug-likeness (QED) is 0.523. The van der Waals surface area contributed by atoms with Gasteiger partial charge >= 0.3 is 0 Å². The van der Waals surface area contributed by atoms with E-state index in [1.54, 1.807) is 0 Å². The summed E-state index contributed by atoms with van der Waals surface area (Å²) in [5.74, 6) is 1.11. The van der Waals surface area contributed by atoms with Gasteiger partial charge in [-0.05, 0) is 5.41 Å². The van der Waals surface area contributed by atoms with E-state index in [1.807, 2.05) is 13.8 Å². The predicted molar refractivity (Wildman–Crippen MR) is 41.3 cm³/mol. The fourth-order valence-electron chi connectivity index (χ4n) is 1.30. The van der Waals surface area contributed by atoms with Crippen LogP contribution in [0, 0.1) is 5.41 Å². The van der Waals surface area contributed by atoms with Gasteiger partial charge in [0.2, 0.25) is 0 Å². The van der Waals surface area contributed by atoms with Crippen molar-refractivity contribution in [3.8, 4) is 0 Å². The van der Waals surface area contributed by atoms with Gasteiger partial charge in [0.05, 0.1) is 5.75 Å². The molecule has 1 heterocycles.